The minimum absolute atomic E-state index is 0.507. The van der Waals surface area contributed by atoms with Crippen molar-refractivity contribution in [2.75, 3.05) is 20.8 Å². The molecule has 0 unspecified atom stereocenters. The number of fused-ring (bicyclic) bond motifs is 1. The largest absolute Gasteiger partial charge is 0.388 e. The van der Waals surface area contributed by atoms with Crippen molar-refractivity contribution >= 4 is 16.9 Å². The predicted octanol–water partition coefficient (Wildman–Crippen LogP) is -1.20. The van der Waals surface area contributed by atoms with Crippen LogP contribution in [0, 0.1) is 0 Å². The van der Waals surface area contributed by atoms with Crippen molar-refractivity contribution in [2.24, 2.45) is 4.99 Å². The number of ether oxygens (including phenoxy) is 1. The Balaban J connectivity index is 2.14. The molecular formula is C10H17FN2O4S. The first-order chi connectivity index (χ1) is 8.45. The maximum absolute atomic E-state index is 12.5. The fraction of sp³-hybridized carbons (Fsp3) is 0.900. The van der Waals surface area contributed by atoms with Crippen LogP contribution < -0.4 is 0 Å². The third-order valence-corrected chi connectivity index (χ3v) is 4.31. The van der Waals surface area contributed by atoms with Crippen molar-refractivity contribution < 1.29 is 24.4 Å². The summed E-state index contributed by atoms with van der Waals surface area (Å²) >= 11 is 1.29. The Kier molecular flexibility index (Phi) is 4.12. The second-order valence-corrected chi connectivity index (χ2v) is 5.65. The summed E-state index contributed by atoms with van der Waals surface area (Å²) in [6, 6.07) is -0.592. The smallest absolute Gasteiger partial charge is 0.161 e. The van der Waals surface area contributed by atoms with Crippen molar-refractivity contribution in [3.05, 3.63) is 0 Å². The quantitative estimate of drug-likeness (QED) is 0.589. The molecule has 1 fully saturated rings. The Morgan fingerprint density at radius 3 is 2.67 bits per heavy atom. The average molecular weight is 280 g/mol. The first-order valence-corrected chi connectivity index (χ1v) is 6.51. The number of rotatable bonds is 2. The maximum atomic E-state index is 12.5. The van der Waals surface area contributed by atoms with Gasteiger partial charge in [-0.05, 0) is 0 Å². The number of aliphatic hydroxyl groups is 3. The molecule has 0 bridgehead atoms. The van der Waals surface area contributed by atoms with Crippen molar-refractivity contribution in [3.8, 4) is 0 Å². The van der Waals surface area contributed by atoms with E-state index in [9.17, 15) is 19.7 Å². The fourth-order valence-corrected chi connectivity index (χ4v) is 3.14. The number of alkyl halides is 1. The molecule has 0 spiro atoms. The molecule has 2 aliphatic rings. The molecule has 18 heavy (non-hydrogen) atoms. The van der Waals surface area contributed by atoms with Gasteiger partial charge in [0.2, 0.25) is 0 Å². The van der Waals surface area contributed by atoms with Crippen LogP contribution in [-0.2, 0) is 4.74 Å². The van der Waals surface area contributed by atoms with Crippen LogP contribution in [-0.4, -0.2) is 82.1 Å². The molecule has 8 heteroatoms. The number of nitrogens with zero attached hydrogens (tertiary/aromatic N) is 2. The number of halogens is 1. The fourth-order valence-electron chi connectivity index (χ4n) is 2.00. The Labute approximate surface area is 108 Å². The summed E-state index contributed by atoms with van der Waals surface area (Å²) in [6.07, 6.45) is -5.09. The summed E-state index contributed by atoms with van der Waals surface area (Å²) in [5, 5.41) is 29.9. The van der Waals surface area contributed by atoms with E-state index in [-0.39, 0.29) is 0 Å². The minimum atomic E-state index is -1.44. The molecule has 104 valence electrons. The van der Waals surface area contributed by atoms with E-state index in [1.54, 1.807) is 19.0 Å². The molecule has 2 heterocycles. The number of hydrogen-bond acceptors (Lipinski definition) is 7. The van der Waals surface area contributed by atoms with Gasteiger partial charge in [-0.1, -0.05) is 11.8 Å². The lowest BCUT2D eigenvalue weighted by molar-refractivity contribution is -0.186. The van der Waals surface area contributed by atoms with Crippen LogP contribution in [0.2, 0.25) is 0 Å². The van der Waals surface area contributed by atoms with E-state index in [1.807, 2.05) is 0 Å². The molecule has 0 aliphatic carbocycles. The minimum Gasteiger partial charge on any atom is -0.388 e. The van der Waals surface area contributed by atoms with Crippen molar-refractivity contribution in [3.63, 3.8) is 0 Å². The molecule has 0 aromatic rings. The second-order valence-electron chi connectivity index (χ2n) is 4.59. The molecule has 3 N–H and O–H groups in total. The summed E-state index contributed by atoms with van der Waals surface area (Å²) in [7, 11) is 3.61. The van der Waals surface area contributed by atoms with Gasteiger partial charge in [-0.2, -0.15) is 0 Å². The Bertz CT molecular complexity index is 344. The van der Waals surface area contributed by atoms with E-state index in [0.717, 1.165) is 0 Å². The normalized spacial score (nSPS) is 41.2. The van der Waals surface area contributed by atoms with Crippen LogP contribution >= 0.6 is 11.8 Å². The van der Waals surface area contributed by atoms with E-state index in [1.165, 1.54) is 11.8 Å². The van der Waals surface area contributed by atoms with E-state index >= 15 is 0 Å². The summed E-state index contributed by atoms with van der Waals surface area (Å²) in [5.74, 6) is 0. The van der Waals surface area contributed by atoms with Crippen LogP contribution in [0.25, 0.3) is 0 Å². The Morgan fingerprint density at radius 2 is 2.11 bits per heavy atom. The summed E-state index contributed by atoms with van der Waals surface area (Å²) in [6.45, 7) is -1.03. The molecule has 0 amide bonds. The van der Waals surface area contributed by atoms with E-state index in [2.05, 4.69) is 4.99 Å². The maximum Gasteiger partial charge on any atom is 0.161 e. The molecule has 0 aromatic carbocycles. The molecule has 0 saturated carbocycles. The van der Waals surface area contributed by atoms with Gasteiger partial charge in [0.15, 0.2) is 5.17 Å². The summed E-state index contributed by atoms with van der Waals surface area (Å²) < 4.78 is 17.9. The SMILES string of the molecule is CN(C)C1=N[C@@H]2[C@@H](O)[C@H](O)[C@@H]([C@@H](O)CF)O[C@@H]2S1. The first-order valence-electron chi connectivity index (χ1n) is 5.63. The van der Waals surface area contributed by atoms with Gasteiger partial charge in [-0.15, -0.1) is 0 Å². The van der Waals surface area contributed by atoms with E-state index in [4.69, 9.17) is 4.74 Å². The molecule has 6 nitrogen and oxygen atoms in total. The van der Waals surface area contributed by atoms with Gasteiger partial charge < -0.3 is 25.0 Å². The molecule has 1 saturated heterocycles. The summed E-state index contributed by atoms with van der Waals surface area (Å²) in [4.78, 5) is 6.03. The lowest BCUT2D eigenvalue weighted by Gasteiger charge is -2.39. The van der Waals surface area contributed by atoms with Crippen LogP contribution in [0.5, 0.6) is 0 Å². The lowest BCUT2D eigenvalue weighted by Crippen LogP contribution is -2.58. The topological polar surface area (TPSA) is 85.5 Å². The molecule has 0 aromatic heterocycles. The third-order valence-electron chi connectivity index (χ3n) is 3.01. The third kappa shape index (κ3) is 2.35. The molecule has 0 radical (unpaired) electrons. The Morgan fingerprint density at radius 1 is 1.44 bits per heavy atom. The average Bonchev–Trinajstić information content (AvgIpc) is 2.77. The number of thioether (sulfide) groups is 1. The van der Waals surface area contributed by atoms with E-state index < -0.39 is 42.6 Å². The Hall–Kier alpha value is -0.410. The summed E-state index contributed by atoms with van der Waals surface area (Å²) in [5.41, 5.74) is -0.507. The van der Waals surface area contributed by atoms with Gasteiger partial charge in [0.25, 0.3) is 0 Å². The standard InChI is InChI=1S/C10H17FN2O4S/c1-13(2)10-12-5-6(15)7(16)8(4(14)3-11)17-9(5)18-10/h4-9,14-16H,3H2,1-2H3/t4-,5+,6+,7-,8+,9+/m0/s1. The zero-order chi connectivity index (χ0) is 13.4. The number of hydrogen-bond donors (Lipinski definition) is 3. The van der Waals surface area contributed by atoms with Gasteiger partial charge in [0, 0.05) is 14.1 Å². The van der Waals surface area contributed by atoms with Gasteiger partial charge >= 0.3 is 0 Å². The number of aliphatic imine (C=N–C) groups is 1. The molecule has 6 atom stereocenters. The zero-order valence-corrected chi connectivity index (χ0v) is 10.9. The van der Waals surface area contributed by atoms with Crippen molar-refractivity contribution in [1.29, 1.82) is 0 Å². The lowest BCUT2D eigenvalue weighted by atomic mass is 9.95. The van der Waals surface area contributed by atoms with Crippen molar-refractivity contribution in [2.45, 2.75) is 35.9 Å². The van der Waals surface area contributed by atoms with Crippen molar-refractivity contribution in [1.82, 2.24) is 4.90 Å². The van der Waals surface area contributed by atoms with Gasteiger partial charge in [0.05, 0.1) is 0 Å². The van der Waals surface area contributed by atoms with E-state index in [0.29, 0.717) is 5.17 Å². The van der Waals surface area contributed by atoms with Crippen LogP contribution in [0.4, 0.5) is 4.39 Å². The predicted molar refractivity (Wildman–Crippen MR) is 65.2 cm³/mol. The van der Waals surface area contributed by atoms with Crippen LogP contribution in [0.3, 0.4) is 0 Å². The van der Waals surface area contributed by atoms with Gasteiger partial charge in [-0.25, -0.2) is 4.39 Å². The molecule has 2 rings (SSSR count). The highest BCUT2D eigenvalue weighted by Crippen LogP contribution is 2.37. The molecular weight excluding hydrogens is 263 g/mol. The first kappa shape index (κ1) is 14.0. The highest BCUT2D eigenvalue weighted by atomic mass is 32.2. The van der Waals surface area contributed by atoms with Gasteiger partial charge in [0.1, 0.15) is 42.6 Å². The van der Waals surface area contributed by atoms with Crippen LogP contribution in [0.15, 0.2) is 4.99 Å². The molecule has 2 aliphatic heterocycles. The zero-order valence-electron chi connectivity index (χ0n) is 10.1. The number of amidine groups is 1. The van der Waals surface area contributed by atoms with Crippen LogP contribution in [0.1, 0.15) is 0 Å². The van der Waals surface area contributed by atoms with Gasteiger partial charge in [-0.3, -0.25) is 4.99 Å². The highest BCUT2D eigenvalue weighted by Gasteiger charge is 2.50. The number of aliphatic hydroxyl groups excluding tert-OH is 3. The monoisotopic (exact) mass is 280 g/mol. The highest BCUT2D eigenvalue weighted by molar-refractivity contribution is 8.14. The second kappa shape index (κ2) is 5.30.